The zero-order valence-corrected chi connectivity index (χ0v) is 45.2. The van der Waals surface area contributed by atoms with Crippen LogP contribution >= 0.6 is 7.82 Å². The van der Waals surface area contributed by atoms with Crippen molar-refractivity contribution in [3.63, 3.8) is 0 Å². The SMILES string of the molecule is CCCCCCCCCCCCCCCCCCCCCCCCCCCCCCCC(=O)O[C@H](COCCCCCCCCCCCCCCCCCC)COP(=O)(O)OC[C@H](N)C(=O)O. The van der Waals surface area contributed by atoms with Crippen LogP contribution in [0.4, 0.5) is 0 Å². The lowest BCUT2D eigenvalue weighted by Gasteiger charge is -2.20. The lowest BCUT2D eigenvalue weighted by Crippen LogP contribution is -2.34. The molecule has 0 saturated carbocycles. The number of phosphoric ester groups is 1. The summed E-state index contributed by atoms with van der Waals surface area (Å²) in [5.41, 5.74) is 5.39. The highest BCUT2D eigenvalue weighted by Gasteiger charge is 2.27. The summed E-state index contributed by atoms with van der Waals surface area (Å²) < 4.78 is 33.6. The molecule has 0 amide bonds. The molecule has 0 heterocycles. The molecule has 0 fully saturated rings. The third-order valence-corrected chi connectivity index (χ3v) is 14.3. The van der Waals surface area contributed by atoms with Gasteiger partial charge in [0.15, 0.2) is 0 Å². The van der Waals surface area contributed by atoms with Gasteiger partial charge in [0, 0.05) is 13.0 Å². The van der Waals surface area contributed by atoms with Gasteiger partial charge in [-0.25, -0.2) is 4.57 Å². The van der Waals surface area contributed by atoms with Crippen LogP contribution in [0.2, 0.25) is 0 Å². The van der Waals surface area contributed by atoms with Gasteiger partial charge in [-0.2, -0.15) is 0 Å². The second-order valence-electron chi connectivity index (χ2n) is 20.1. The van der Waals surface area contributed by atoms with Crippen LogP contribution in [0.3, 0.4) is 0 Å². The molecule has 10 nitrogen and oxygen atoms in total. The second-order valence-corrected chi connectivity index (χ2v) is 21.6. The average molecular weight is 974 g/mol. The van der Waals surface area contributed by atoms with E-state index in [1.165, 1.54) is 250 Å². The molecular formula is C56H112NO9P. The Kier molecular flexibility index (Phi) is 52.0. The van der Waals surface area contributed by atoms with Crippen molar-refractivity contribution in [2.75, 3.05) is 26.4 Å². The van der Waals surface area contributed by atoms with Crippen LogP contribution in [0.15, 0.2) is 0 Å². The fourth-order valence-electron chi connectivity index (χ4n) is 8.90. The number of aliphatic carboxylic acids is 1. The fourth-order valence-corrected chi connectivity index (χ4v) is 9.68. The summed E-state index contributed by atoms with van der Waals surface area (Å²) in [7, 11) is -4.62. The van der Waals surface area contributed by atoms with Gasteiger partial charge in [-0.1, -0.05) is 290 Å². The summed E-state index contributed by atoms with van der Waals surface area (Å²) in [6.45, 7) is 3.97. The molecule has 0 aliphatic rings. The van der Waals surface area contributed by atoms with Crippen molar-refractivity contribution in [3.05, 3.63) is 0 Å². The van der Waals surface area contributed by atoms with Crippen LogP contribution < -0.4 is 5.73 Å². The third kappa shape index (κ3) is 52.6. The summed E-state index contributed by atoms with van der Waals surface area (Å²) in [6, 6.07) is -1.47. The number of rotatable bonds is 57. The third-order valence-electron chi connectivity index (χ3n) is 13.4. The Hall–Kier alpha value is -1.03. The molecule has 0 aromatic rings. The maximum Gasteiger partial charge on any atom is 0.472 e. The number of hydrogen-bond donors (Lipinski definition) is 3. The van der Waals surface area contributed by atoms with E-state index in [2.05, 4.69) is 13.8 Å². The quantitative estimate of drug-likeness (QED) is 0.0305. The van der Waals surface area contributed by atoms with Crippen molar-refractivity contribution < 1.29 is 42.7 Å². The number of nitrogens with two attached hydrogens (primary N) is 1. The van der Waals surface area contributed by atoms with Crippen LogP contribution in [0.25, 0.3) is 0 Å². The molecule has 0 aliphatic heterocycles. The molecule has 0 aliphatic carbocycles. The molecule has 0 saturated heterocycles. The van der Waals surface area contributed by atoms with Gasteiger partial charge in [0.25, 0.3) is 0 Å². The maximum atomic E-state index is 12.7. The minimum atomic E-state index is -4.62. The van der Waals surface area contributed by atoms with E-state index in [0.717, 1.165) is 38.5 Å². The number of phosphoric acid groups is 1. The van der Waals surface area contributed by atoms with E-state index in [9.17, 15) is 19.0 Å². The lowest BCUT2D eigenvalue weighted by atomic mass is 10.0. The summed E-state index contributed by atoms with van der Waals surface area (Å²) in [5, 5.41) is 8.94. The molecule has 0 aromatic heterocycles. The Labute approximate surface area is 414 Å². The first-order chi connectivity index (χ1) is 32.7. The van der Waals surface area contributed by atoms with Crippen LogP contribution in [0.1, 0.15) is 309 Å². The molecular weight excluding hydrogens is 862 g/mol. The number of carbonyl (C=O) groups excluding carboxylic acids is 1. The summed E-state index contributed by atoms with van der Waals surface area (Å²) in [4.78, 5) is 33.8. The molecule has 0 bridgehead atoms. The highest BCUT2D eigenvalue weighted by Crippen LogP contribution is 2.43. The predicted molar refractivity (Wildman–Crippen MR) is 282 cm³/mol. The molecule has 0 aromatic carbocycles. The first-order valence-corrected chi connectivity index (χ1v) is 30.6. The van der Waals surface area contributed by atoms with Crippen molar-refractivity contribution in [3.8, 4) is 0 Å². The van der Waals surface area contributed by atoms with E-state index in [0.29, 0.717) is 6.61 Å². The fraction of sp³-hybridized carbons (Fsp3) is 0.964. The van der Waals surface area contributed by atoms with Crippen molar-refractivity contribution in [2.45, 2.75) is 321 Å². The van der Waals surface area contributed by atoms with Crippen LogP contribution in [-0.4, -0.2) is 60.5 Å². The number of carbonyl (C=O) groups is 2. The highest BCUT2D eigenvalue weighted by atomic mass is 31.2. The first-order valence-electron chi connectivity index (χ1n) is 29.1. The van der Waals surface area contributed by atoms with Crippen molar-refractivity contribution in [1.82, 2.24) is 0 Å². The van der Waals surface area contributed by atoms with Crippen LogP contribution in [-0.2, 0) is 32.7 Å². The summed E-state index contributed by atoms with van der Waals surface area (Å²) in [6.07, 6.45) is 59.0. The van der Waals surface area contributed by atoms with Crippen molar-refractivity contribution >= 4 is 19.8 Å². The molecule has 3 atom stereocenters. The number of carboxylic acids is 1. The number of carboxylic acid groups (broad SMARTS) is 1. The Bertz CT molecular complexity index is 1080. The normalized spacial score (nSPS) is 13.5. The zero-order valence-electron chi connectivity index (χ0n) is 44.3. The molecule has 0 rings (SSSR count). The van der Waals surface area contributed by atoms with E-state index < -0.39 is 45.1 Å². The minimum absolute atomic E-state index is 0.0265. The van der Waals surface area contributed by atoms with Gasteiger partial charge in [0.05, 0.1) is 19.8 Å². The first kappa shape index (κ1) is 66.0. The van der Waals surface area contributed by atoms with Gasteiger partial charge in [-0.15, -0.1) is 0 Å². The van der Waals surface area contributed by atoms with Gasteiger partial charge < -0.3 is 25.2 Å². The van der Waals surface area contributed by atoms with Gasteiger partial charge in [-0.05, 0) is 12.8 Å². The number of ether oxygens (including phenoxy) is 2. The lowest BCUT2D eigenvalue weighted by molar-refractivity contribution is -0.154. The Morgan fingerprint density at radius 1 is 0.418 bits per heavy atom. The molecule has 4 N–H and O–H groups in total. The molecule has 400 valence electrons. The topological polar surface area (TPSA) is 155 Å². The Morgan fingerprint density at radius 2 is 0.687 bits per heavy atom. The number of hydrogen-bond acceptors (Lipinski definition) is 8. The van der Waals surface area contributed by atoms with Crippen molar-refractivity contribution in [1.29, 1.82) is 0 Å². The maximum absolute atomic E-state index is 12.7. The van der Waals surface area contributed by atoms with Crippen LogP contribution in [0.5, 0.6) is 0 Å². The number of unbranched alkanes of at least 4 members (excludes halogenated alkanes) is 43. The summed E-state index contributed by atoms with van der Waals surface area (Å²) in [5.74, 6) is -1.76. The van der Waals surface area contributed by atoms with E-state index in [1.807, 2.05) is 0 Å². The van der Waals surface area contributed by atoms with Gasteiger partial charge in [0.1, 0.15) is 12.1 Å². The van der Waals surface area contributed by atoms with Crippen LogP contribution in [0, 0.1) is 0 Å². The second kappa shape index (κ2) is 52.8. The van der Waals surface area contributed by atoms with E-state index in [1.54, 1.807) is 0 Å². The van der Waals surface area contributed by atoms with Gasteiger partial charge >= 0.3 is 19.8 Å². The Balaban J connectivity index is 3.93. The zero-order chi connectivity index (χ0) is 49.0. The molecule has 0 spiro atoms. The summed E-state index contributed by atoms with van der Waals surface area (Å²) >= 11 is 0. The molecule has 0 radical (unpaired) electrons. The number of esters is 1. The van der Waals surface area contributed by atoms with Gasteiger partial charge in [-0.3, -0.25) is 18.6 Å². The van der Waals surface area contributed by atoms with Crippen molar-refractivity contribution in [2.24, 2.45) is 5.73 Å². The van der Waals surface area contributed by atoms with Gasteiger partial charge in [0.2, 0.25) is 0 Å². The largest absolute Gasteiger partial charge is 0.480 e. The standard InChI is InChI=1S/C56H112NO9P/c1-3-5-7-9-11-13-15-17-19-21-22-23-24-25-26-27-28-29-30-31-32-33-34-36-38-40-42-44-46-48-55(58)66-53(51-64-67(61,62)65-52-54(57)56(59)60)50-63-49-47-45-43-41-39-37-35-20-18-16-14-12-10-8-6-4-2/h53-54H,3-52,57H2,1-2H3,(H,59,60)(H,61,62)/t53-,54+/m1/s1. The highest BCUT2D eigenvalue weighted by molar-refractivity contribution is 7.47. The minimum Gasteiger partial charge on any atom is -0.480 e. The van der Waals surface area contributed by atoms with E-state index >= 15 is 0 Å². The molecule has 67 heavy (non-hydrogen) atoms. The monoisotopic (exact) mass is 974 g/mol. The molecule has 11 heteroatoms. The predicted octanol–water partition coefficient (Wildman–Crippen LogP) is 17.4. The molecule has 1 unspecified atom stereocenters. The smallest absolute Gasteiger partial charge is 0.472 e. The Morgan fingerprint density at radius 3 is 0.985 bits per heavy atom. The average Bonchev–Trinajstić information content (AvgIpc) is 3.31. The van der Waals surface area contributed by atoms with E-state index in [4.69, 9.17) is 29.4 Å². The van der Waals surface area contributed by atoms with E-state index in [-0.39, 0.29) is 13.0 Å².